The van der Waals surface area contributed by atoms with Crippen LogP contribution in [0.1, 0.15) is 67.7 Å². The van der Waals surface area contributed by atoms with Crippen LogP contribution in [0, 0.1) is 26.9 Å². The summed E-state index contributed by atoms with van der Waals surface area (Å²) in [7, 11) is -4.47. The summed E-state index contributed by atoms with van der Waals surface area (Å²) in [5, 5.41) is 21.4. The van der Waals surface area contributed by atoms with Gasteiger partial charge in [0.2, 0.25) is 16.1 Å². The van der Waals surface area contributed by atoms with Gasteiger partial charge in [-0.25, -0.2) is 23.0 Å². The number of pyridine rings is 1. The molecule has 0 radical (unpaired) electrons. The molecular weight excluding hydrogens is 672 g/mol. The fraction of sp³-hybridized carbons (Fsp3) is 0.412. The van der Waals surface area contributed by atoms with Crippen LogP contribution in [0.3, 0.4) is 0 Å². The molecule has 3 aromatic rings. The summed E-state index contributed by atoms with van der Waals surface area (Å²) < 4.78 is 41.4. The van der Waals surface area contributed by atoms with Gasteiger partial charge in [0.05, 0.1) is 28.7 Å². The molecule has 2 unspecified atom stereocenters. The molecule has 0 saturated carbocycles. The molecule has 1 fully saturated rings. The molecule has 1 saturated heterocycles. The summed E-state index contributed by atoms with van der Waals surface area (Å²) in [6.07, 6.45) is -1.27. The third-order valence-corrected chi connectivity index (χ3v) is 11.1. The summed E-state index contributed by atoms with van der Waals surface area (Å²) in [6, 6.07) is 12.9. The van der Waals surface area contributed by atoms with Gasteiger partial charge in [-0.1, -0.05) is 38.1 Å². The summed E-state index contributed by atoms with van der Waals surface area (Å²) in [6.45, 7) is 5.61. The number of ether oxygens (including phenoxy) is 2. The number of nitriles is 1. The Morgan fingerprint density at radius 1 is 1.16 bits per heavy atom. The van der Waals surface area contributed by atoms with E-state index in [1.165, 1.54) is 17.6 Å². The molecule has 2 aromatic carbocycles. The zero-order valence-corrected chi connectivity index (χ0v) is 28.3. The van der Waals surface area contributed by atoms with Crippen molar-refractivity contribution in [3.63, 3.8) is 0 Å². The van der Waals surface area contributed by atoms with Gasteiger partial charge >= 0.3 is 11.9 Å². The van der Waals surface area contributed by atoms with Crippen molar-refractivity contribution in [1.29, 1.82) is 5.26 Å². The number of hydrogen-bond donors (Lipinski definition) is 0. The number of aromatic nitrogens is 1. The lowest BCUT2D eigenvalue weighted by Gasteiger charge is -2.41. The molecule has 50 heavy (non-hydrogen) atoms. The first kappa shape index (κ1) is 34.9. The molecule has 262 valence electrons. The first-order valence-corrected chi connectivity index (χ1v) is 17.3. The third kappa shape index (κ3) is 6.17. The third-order valence-electron chi connectivity index (χ3n) is 9.23. The fourth-order valence-corrected chi connectivity index (χ4v) is 8.46. The van der Waals surface area contributed by atoms with E-state index >= 15 is 0 Å². The van der Waals surface area contributed by atoms with Crippen LogP contribution in [-0.2, 0) is 64.0 Å². The highest BCUT2D eigenvalue weighted by molar-refractivity contribution is 7.89. The van der Waals surface area contributed by atoms with Crippen LogP contribution < -0.4 is 5.56 Å². The number of sulfonamides is 1. The van der Waals surface area contributed by atoms with Crippen LogP contribution in [0.2, 0.25) is 0 Å². The number of nitro benzene ring substituents is 1. The Morgan fingerprint density at radius 3 is 2.50 bits per heavy atom. The van der Waals surface area contributed by atoms with E-state index in [0.29, 0.717) is 36.3 Å². The highest BCUT2D eigenvalue weighted by Crippen LogP contribution is 2.48. The fourth-order valence-electron chi connectivity index (χ4n) is 6.90. The van der Waals surface area contributed by atoms with Crippen molar-refractivity contribution < 1.29 is 42.2 Å². The summed E-state index contributed by atoms with van der Waals surface area (Å²) in [5.74, 6) is -2.21. The van der Waals surface area contributed by atoms with Gasteiger partial charge in [-0.2, -0.15) is 9.57 Å². The smallest absolute Gasteiger partial charge is 0.352 e. The van der Waals surface area contributed by atoms with E-state index in [1.54, 1.807) is 24.3 Å². The van der Waals surface area contributed by atoms with E-state index in [9.17, 15) is 38.2 Å². The Labute approximate surface area is 287 Å². The number of nitro groups is 1. The molecule has 3 atom stereocenters. The van der Waals surface area contributed by atoms with Crippen LogP contribution in [-0.4, -0.2) is 53.4 Å². The number of rotatable bonds is 8. The molecule has 1 aromatic heterocycles. The number of nitrogens with zero attached hydrogens (tertiary/aromatic N) is 4. The minimum atomic E-state index is -4.47. The molecule has 16 heteroatoms. The molecule has 6 rings (SSSR count). The molecular formula is C34H34N4O11S. The number of carbonyl (C=O) groups is 2. The maximum Gasteiger partial charge on any atom is 0.352 e. The van der Waals surface area contributed by atoms with E-state index in [2.05, 4.69) is 0 Å². The minimum Gasteiger partial charge on any atom is -0.463 e. The molecule has 3 aliphatic rings. The maximum absolute atomic E-state index is 14.2. The van der Waals surface area contributed by atoms with Gasteiger partial charge in [0.25, 0.3) is 11.2 Å². The topological polar surface area (TPSA) is 197 Å². The highest BCUT2D eigenvalue weighted by atomic mass is 32.2. The molecule has 0 bridgehead atoms. The number of fused-ring (bicyclic) bond motifs is 3. The van der Waals surface area contributed by atoms with Gasteiger partial charge in [-0.05, 0) is 48.1 Å². The summed E-state index contributed by atoms with van der Waals surface area (Å²) in [5.41, 5.74) is -1.55. The lowest BCUT2D eigenvalue weighted by molar-refractivity contribution is -0.410. The lowest BCUT2D eigenvalue weighted by atomic mass is 9.77. The van der Waals surface area contributed by atoms with Gasteiger partial charge in [0.15, 0.2) is 0 Å². The van der Waals surface area contributed by atoms with Crippen molar-refractivity contribution in [1.82, 2.24) is 8.87 Å². The second-order valence-corrected chi connectivity index (χ2v) is 15.1. The van der Waals surface area contributed by atoms with Gasteiger partial charge in [-0.3, -0.25) is 19.7 Å². The van der Waals surface area contributed by atoms with E-state index < -0.39 is 55.8 Å². The average Bonchev–Trinajstić information content (AvgIpc) is 3.42. The first-order chi connectivity index (χ1) is 23.7. The Hall–Kier alpha value is -4.95. The van der Waals surface area contributed by atoms with Gasteiger partial charge < -0.3 is 14.0 Å². The zero-order valence-electron chi connectivity index (χ0n) is 27.5. The van der Waals surface area contributed by atoms with Crippen LogP contribution in [0.25, 0.3) is 0 Å². The molecule has 0 amide bonds. The largest absolute Gasteiger partial charge is 0.463 e. The Kier molecular flexibility index (Phi) is 9.12. The second-order valence-electron chi connectivity index (χ2n) is 13.2. The maximum atomic E-state index is 14.2. The van der Waals surface area contributed by atoms with Gasteiger partial charge in [0.1, 0.15) is 23.3 Å². The lowest BCUT2D eigenvalue weighted by Crippen LogP contribution is -2.49. The standard InChI is InChI=1S/C34H34N4O11S/c1-4-46-32(41)29(25-16-28-34(19-33(2,3)20-47-49-34)13-14-36(28)30(39)26(25)17-35)48-31(40)27-15-21-7-5-6-8-22(21)18-37(27)50(44,45)24-11-9-23(10-12-24)38(42)43/h5-12,16,27,29H,4,13-15,18-20H2,1-3H3/t27-,29?,34?/m1/s1. The minimum absolute atomic E-state index is 0.134. The van der Waals surface area contributed by atoms with E-state index in [-0.39, 0.29) is 47.7 Å². The van der Waals surface area contributed by atoms with Crippen LogP contribution in [0.4, 0.5) is 5.69 Å². The number of hydrogen-bond acceptors (Lipinski definition) is 12. The highest BCUT2D eigenvalue weighted by Gasteiger charge is 2.50. The normalized spacial score (nSPS) is 21.8. The number of benzene rings is 2. The molecule has 0 N–H and O–H groups in total. The first-order valence-electron chi connectivity index (χ1n) is 15.9. The van der Waals surface area contributed by atoms with Crippen molar-refractivity contribution in [3.8, 4) is 6.07 Å². The van der Waals surface area contributed by atoms with E-state index in [0.717, 1.165) is 28.6 Å². The number of non-ortho nitro benzene ring substituents is 1. The molecule has 0 aliphatic carbocycles. The number of carbonyl (C=O) groups excluding carboxylic acids is 2. The molecule has 4 heterocycles. The van der Waals surface area contributed by atoms with Crippen LogP contribution in [0.5, 0.6) is 0 Å². The zero-order chi connectivity index (χ0) is 36.0. The molecule has 1 spiro atoms. The van der Waals surface area contributed by atoms with Crippen molar-refractivity contribution in [2.45, 2.75) is 75.8 Å². The summed E-state index contributed by atoms with van der Waals surface area (Å²) in [4.78, 5) is 63.0. The Balaban J connectivity index is 1.42. The van der Waals surface area contributed by atoms with E-state index in [1.807, 2.05) is 19.9 Å². The van der Waals surface area contributed by atoms with Gasteiger partial charge in [0, 0.05) is 43.6 Å². The van der Waals surface area contributed by atoms with E-state index in [4.69, 9.17) is 19.2 Å². The SMILES string of the molecule is CCOC(=O)C(OC(=O)[C@H]1Cc2ccccc2CN1S(=O)(=O)c1ccc([N+](=O)[O-])cc1)c1cc2n(c(=O)c1C#N)CCC21CC(C)(C)COO1. The molecule has 15 nitrogen and oxygen atoms in total. The predicted octanol–water partition coefficient (Wildman–Crippen LogP) is 3.57. The van der Waals surface area contributed by atoms with Gasteiger partial charge in [-0.15, -0.1) is 0 Å². The summed E-state index contributed by atoms with van der Waals surface area (Å²) >= 11 is 0. The Morgan fingerprint density at radius 2 is 1.86 bits per heavy atom. The van der Waals surface area contributed by atoms with Crippen molar-refractivity contribution in [3.05, 3.63) is 103 Å². The molecule has 3 aliphatic heterocycles. The Bertz CT molecular complexity index is 2090. The number of esters is 2. The monoisotopic (exact) mass is 706 g/mol. The van der Waals surface area contributed by atoms with Crippen LogP contribution >= 0.6 is 0 Å². The average molecular weight is 707 g/mol. The quantitative estimate of drug-likeness (QED) is 0.143. The van der Waals surface area contributed by atoms with Crippen LogP contribution in [0.15, 0.2) is 64.3 Å². The van der Waals surface area contributed by atoms with Crippen molar-refractivity contribution in [2.75, 3.05) is 13.2 Å². The van der Waals surface area contributed by atoms with Crippen molar-refractivity contribution in [2.24, 2.45) is 5.41 Å². The second kappa shape index (κ2) is 13.1. The van der Waals surface area contributed by atoms with Crippen molar-refractivity contribution >= 4 is 27.6 Å². The predicted molar refractivity (Wildman–Crippen MR) is 172 cm³/mol.